The first-order valence-electron chi connectivity index (χ1n) is 5.97. The van der Waals surface area contributed by atoms with Crippen LogP contribution in [0.1, 0.15) is 37.0 Å². The second kappa shape index (κ2) is 6.60. The summed E-state index contributed by atoms with van der Waals surface area (Å²) in [7, 11) is 0. The highest BCUT2D eigenvalue weighted by atomic mass is 32.2. The zero-order valence-corrected chi connectivity index (χ0v) is 12.7. The molecule has 1 aromatic rings. The number of pyridine rings is 1. The van der Waals surface area contributed by atoms with E-state index in [2.05, 4.69) is 10.3 Å². The minimum atomic E-state index is -1.09. The number of hydrogen-bond acceptors (Lipinski definition) is 5. The Labute approximate surface area is 121 Å². The lowest BCUT2D eigenvalue weighted by molar-refractivity contribution is 0.0522. The zero-order valence-electron chi connectivity index (χ0n) is 11.9. The predicted octanol–water partition coefficient (Wildman–Crippen LogP) is 2.53. The first kappa shape index (κ1) is 16.3. The Kier molecular flexibility index (Phi) is 5.38. The molecule has 0 saturated carbocycles. The van der Waals surface area contributed by atoms with Crippen molar-refractivity contribution in [2.45, 2.75) is 37.8 Å². The van der Waals surface area contributed by atoms with E-state index in [1.54, 1.807) is 39.2 Å². The highest BCUT2D eigenvalue weighted by molar-refractivity contribution is 7.98. The number of carbonyl (C=O) groups excluding carboxylic acids is 1. The smallest absolute Gasteiger partial charge is 0.407 e. The van der Waals surface area contributed by atoms with E-state index < -0.39 is 17.7 Å². The van der Waals surface area contributed by atoms with Crippen LogP contribution < -0.4 is 5.32 Å². The van der Waals surface area contributed by atoms with Gasteiger partial charge in [-0.25, -0.2) is 14.6 Å². The summed E-state index contributed by atoms with van der Waals surface area (Å²) in [5.74, 6) is -1.09. The standard InChI is InChI=1S/C13H18N2O4S/c1-13(2,3)19-12(18)14-7-8-5-6-9(20-4)10(15-8)11(16)17/h5-6H,7H2,1-4H3,(H,14,18)(H,16,17). The van der Waals surface area contributed by atoms with Crippen LogP contribution in [0.4, 0.5) is 4.79 Å². The van der Waals surface area contributed by atoms with Crippen molar-refractivity contribution >= 4 is 23.8 Å². The van der Waals surface area contributed by atoms with Gasteiger partial charge < -0.3 is 15.2 Å². The van der Waals surface area contributed by atoms with Crippen molar-refractivity contribution in [1.29, 1.82) is 0 Å². The molecule has 0 aliphatic carbocycles. The van der Waals surface area contributed by atoms with Gasteiger partial charge in [0, 0.05) is 4.90 Å². The summed E-state index contributed by atoms with van der Waals surface area (Å²) < 4.78 is 5.08. The van der Waals surface area contributed by atoms with E-state index in [1.807, 2.05) is 0 Å². The second-order valence-electron chi connectivity index (χ2n) is 5.01. The van der Waals surface area contributed by atoms with Crippen LogP contribution in [0.2, 0.25) is 0 Å². The maximum Gasteiger partial charge on any atom is 0.407 e. The Balaban J connectivity index is 2.72. The fourth-order valence-corrected chi connectivity index (χ4v) is 1.91. The summed E-state index contributed by atoms with van der Waals surface area (Å²) in [4.78, 5) is 27.2. The molecule has 0 bridgehead atoms. The fraction of sp³-hybridized carbons (Fsp3) is 0.462. The van der Waals surface area contributed by atoms with E-state index >= 15 is 0 Å². The van der Waals surface area contributed by atoms with Crippen molar-refractivity contribution in [2.24, 2.45) is 0 Å². The normalized spacial score (nSPS) is 11.0. The average Bonchev–Trinajstić information content (AvgIpc) is 2.33. The van der Waals surface area contributed by atoms with Crippen LogP contribution in [0.15, 0.2) is 17.0 Å². The monoisotopic (exact) mass is 298 g/mol. The van der Waals surface area contributed by atoms with E-state index in [0.717, 1.165) is 0 Å². The van der Waals surface area contributed by atoms with Gasteiger partial charge in [0.05, 0.1) is 12.2 Å². The Hall–Kier alpha value is -1.76. The first-order chi connectivity index (χ1) is 9.23. The van der Waals surface area contributed by atoms with Gasteiger partial charge in [0.1, 0.15) is 5.60 Å². The number of carboxylic acid groups (broad SMARTS) is 1. The predicted molar refractivity (Wildman–Crippen MR) is 76.1 cm³/mol. The summed E-state index contributed by atoms with van der Waals surface area (Å²) in [5.41, 5.74) is -0.126. The SMILES string of the molecule is CSc1ccc(CNC(=O)OC(C)(C)C)nc1C(=O)O. The molecule has 6 nitrogen and oxygen atoms in total. The lowest BCUT2D eigenvalue weighted by atomic mass is 10.2. The number of ether oxygens (including phenoxy) is 1. The number of rotatable bonds is 4. The van der Waals surface area contributed by atoms with E-state index in [0.29, 0.717) is 10.6 Å². The molecular formula is C13H18N2O4S. The molecule has 1 rings (SSSR count). The molecule has 0 spiro atoms. The van der Waals surface area contributed by atoms with E-state index in [1.165, 1.54) is 11.8 Å². The molecule has 2 N–H and O–H groups in total. The number of aromatic carboxylic acids is 1. The van der Waals surface area contributed by atoms with E-state index in [4.69, 9.17) is 9.84 Å². The number of carboxylic acids is 1. The Morgan fingerprint density at radius 3 is 2.55 bits per heavy atom. The van der Waals surface area contributed by atoms with Crippen molar-refractivity contribution in [3.8, 4) is 0 Å². The Bertz CT molecular complexity index is 512. The molecular weight excluding hydrogens is 280 g/mol. The minimum absolute atomic E-state index is 0.0130. The summed E-state index contributed by atoms with van der Waals surface area (Å²) in [5, 5.41) is 11.6. The van der Waals surface area contributed by atoms with Crippen molar-refractivity contribution in [2.75, 3.05) is 6.26 Å². The number of nitrogens with zero attached hydrogens (tertiary/aromatic N) is 1. The molecule has 0 aliphatic heterocycles. The maximum atomic E-state index is 11.5. The number of hydrogen-bond donors (Lipinski definition) is 2. The summed E-state index contributed by atoms with van der Waals surface area (Å²) in [6.45, 7) is 5.41. The van der Waals surface area contributed by atoms with Gasteiger partial charge in [0.25, 0.3) is 0 Å². The van der Waals surface area contributed by atoms with Crippen LogP contribution in [-0.4, -0.2) is 34.0 Å². The van der Waals surface area contributed by atoms with Crippen LogP contribution in [0, 0.1) is 0 Å². The third-order valence-corrected chi connectivity index (χ3v) is 2.92. The van der Waals surface area contributed by atoms with Gasteiger partial charge in [0.15, 0.2) is 5.69 Å². The van der Waals surface area contributed by atoms with E-state index in [9.17, 15) is 9.59 Å². The lowest BCUT2D eigenvalue weighted by Gasteiger charge is -2.19. The average molecular weight is 298 g/mol. The zero-order chi connectivity index (χ0) is 15.3. The van der Waals surface area contributed by atoms with Crippen LogP contribution in [-0.2, 0) is 11.3 Å². The van der Waals surface area contributed by atoms with Crippen molar-refractivity contribution in [3.63, 3.8) is 0 Å². The molecule has 0 atom stereocenters. The number of carbonyl (C=O) groups is 2. The lowest BCUT2D eigenvalue weighted by Crippen LogP contribution is -2.32. The van der Waals surface area contributed by atoms with Crippen molar-refractivity contribution in [1.82, 2.24) is 10.3 Å². The van der Waals surface area contributed by atoms with Crippen LogP contribution in [0.5, 0.6) is 0 Å². The van der Waals surface area contributed by atoms with Gasteiger partial charge in [-0.2, -0.15) is 0 Å². The third kappa shape index (κ3) is 5.08. The molecule has 20 heavy (non-hydrogen) atoms. The van der Waals surface area contributed by atoms with Gasteiger partial charge >= 0.3 is 12.1 Å². The Morgan fingerprint density at radius 2 is 2.05 bits per heavy atom. The summed E-state index contributed by atoms with van der Waals surface area (Å²) >= 11 is 1.31. The highest BCUT2D eigenvalue weighted by Crippen LogP contribution is 2.19. The van der Waals surface area contributed by atoms with Gasteiger partial charge in [-0.1, -0.05) is 0 Å². The van der Waals surface area contributed by atoms with Gasteiger partial charge in [-0.05, 0) is 39.2 Å². The van der Waals surface area contributed by atoms with Gasteiger partial charge in [-0.3, -0.25) is 0 Å². The summed E-state index contributed by atoms with van der Waals surface area (Å²) in [6.07, 6.45) is 1.22. The maximum absolute atomic E-state index is 11.5. The third-order valence-electron chi connectivity index (χ3n) is 2.15. The molecule has 110 valence electrons. The molecule has 0 radical (unpaired) electrons. The first-order valence-corrected chi connectivity index (χ1v) is 7.19. The van der Waals surface area contributed by atoms with Crippen LogP contribution in [0.3, 0.4) is 0 Å². The van der Waals surface area contributed by atoms with Crippen molar-refractivity contribution < 1.29 is 19.4 Å². The second-order valence-corrected chi connectivity index (χ2v) is 5.86. The van der Waals surface area contributed by atoms with Crippen LogP contribution >= 0.6 is 11.8 Å². The number of aromatic nitrogens is 1. The molecule has 0 fully saturated rings. The van der Waals surface area contributed by atoms with Crippen molar-refractivity contribution in [3.05, 3.63) is 23.5 Å². The van der Waals surface area contributed by atoms with Gasteiger partial charge in [0.2, 0.25) is 0 Å². The number of alkyl carbamates (subject to hydrolysis) is 1. The molecule has 7 heteroatoms. The number of thioether (sulfide) groups is 1. The molecule has 1 amide bonds. The molecule has 1 heterocycles. The topological polar surface area (TPSA) is 88.5 Å². The molecule has 1 aromatic heterocycles. The number of nitrogens with one attached hydrogen (secondary N) is 1. The largest absolute Gasteiger partial charge is 0.476 e. The molecule has 0 unspecified atom stereocenters. The minimum Gasteiger partial charge on any atom is -0.476 e. The molecule has 0 aliphatic rings. The molecule has 0 saturated heterocycles. The quantitative estimate of drug-likeness (QED) is 0.830. The highest BCUT2D eigenvalue weighted by Gasteiger charge is 2.17. The summed E-state index contributed by atoms with van der Waals surface area (Å²) in [6, 6.07) is 3.35. The van der Waals surface area contributed by atoms with Gasteiger partial charge in [-0.15, -0.1) is 11.8 Å². The van der Waals surface area contributed by atoms with E-state index in [-0.39, 0.29) is 12.2 Å². The fourth-order valence-electron chi connectivity index (χ4n) is 1.38. The number of amides is 1. The Morgan fingerprint density at radius 1 is 1.40 bits per heavy atom. The molecule has 0 aromatic carbocycles. The van der Waals surface area contributed by atoms with Crippen LogP contribution in [0.25, 0.3) is 0 Å².